The van der Waals surface area contributed by atoms with Gasteiger partial charge in [-0.05, 0) is 41.3 Å². The number of carbonyl (C=O) groups is 1. The highest BCUT2D eigenvalue weighted by molar-refractivity contribution is 7.08. The van der Waals surface area contributed by atoms with Gasteiger partial charge in [0.25, 0.3) is 0 Å². The zero-order valence-electron chi connectivity index (χ0n) is 13.3. The van der Waals surface area contributed by atoms with E-state index in [0.717, 1.165) is 25.0 Å². The first-order valence-corrected chi connectivity index (χ1v) is 9.25. The molecule has 4 heterocycles. The minimum Gasteiger partial charge on any atom is -0.470 e. The van der Waals surface area contributed by atoms with E-state index in [9.17, 15) is 4.79 Å². The Morgan fingerprint density at radius 3 is 3.17 bits per heavy atom. The van der Waals surface area contributed by atoms with Gasteiger partial charge in [0, 0.05) is 18.9 Å². The van der Waals surface area contributed by atoms with E-state index < -0.39 is 0 Å². The van der Waals surface area contributed by atoms with Crippen molar-refractivity contribution in [3.8, 4) is 5.88 Å². The smallest absolute Gasteiger partial charge is 0.227 e. The number of hydrogen-bond donors (Lipinski definition) is 0. The fourth-order valence-electron chi connectivity index (χ4n) is 3.54. The first-order valence-electron chi connectivity index (χ1n) is 8.31. The van der Waals surface area contributed by atoms with Gasteiger partial charge in [-0.25, -0.2) is 4.98 Å². The molecule has 0 aromatic carbocycles. The largest absolute Gasteiger partial charge is 0.470 e. The number of aromatic nitrogens is 1. The predicted octanol–water partition coefficient (Wildman–Crippen LogP) is 2.52. The van der Waals surface area contributed by atoms with Crippen LogP contribution in [-0.4, -0.2) is 47.2 Å². The van der Waals surface area contributed by atoms with E-state index in [0.29, 0.717) is 18.8 Å². The molecule has 0 aliphatic carbocycles. The van der Waals surface area contributed by atoms with Crippen LogP contribution in [0.2, 0.25) is 0 Å². The molecule has 2 saturated heterocycles. The molecule has 4 rings (SSSR count). The zero-order chi connectivity index (χ0) is 16.4. The summed E-state index contributed by atoms with van der Waals surface area (Å²) in [4.78, 5) is 19.0. The lowest BCUT2D eigenvalue weighted by molar-refractivity contribution is -0.134. The van der Waals surface area contributed by atoms with Crippen LogP contribution in [0.4, 0.5) is 0 Å². The molecule has 0 N–H and O–H groups in total. The van der Waals surface area contributed by atoms with Crippen LogP contribution in [0, 0.1) is 0 Å². The molecule has 0 bridgehead atoms. The van der Waals surface area contributed by atoms with Crippen molar-refractivity contribution in [2.24, 2.45) is 0 Å². The third-order valence-corrected chi connectivity index (χ3v) is 5.37. The number of rotatable bonds is 4. The molecule has 0 saturated carbocycles. The van der Waals surface area contributed by atoms with E-state index in [1.165, 1.54) is 0 Å². The van der Waals surface area contributed by atoms with Crippen molar-refractivity contribution >= 4 is 17.2 Å². The maximum atomic E-state index is 12.8. The number of pyridine rings is 1. The lowest BCUT2D eigenvalue weighted by atomic mass is 10.0. The maximum Gasteiger partial charge on any atom is 0.227 e. The third kappa shape index (κ3) is 3.16. The summed E-state index contributed by atoms with van der Waals surface area (Å²) >= 11 is 1.62. The van der Waals surface area contributed by atoms with Crippen LogP contribution in [0.15, 0.2) is 41.2 Å². The molecule has 126 valence electrons. The molecule has 3 atom stereocenters. The number of fused-ring (bicyclic) bond motifs is 1. The number of hydrogen-bond acceptors (Lipinski definition) is 5. The van der Waals surface area contributed by atoms with E-state index in [1.807, 2.05) is 39.9 Å². The summed E-state index contributed by atoms with van der Waals surface area (Å²) in [5, 5.41) is 4.04. The Labute approximate surface area is 145 Å². The second-order valence-corrected chi connectivity index (χ2v) is 7.00. The van der Waals surface area contributed by atoms with Crippen LogP contribution < -0.4 is 4.74 Å². The van der Waals surface area contributed by atoms with E-state index >= 15 is 0 Å². The average Bonchev–Trinajstić information content (AvgIpc) is 3.24. The molecular weight excluding hydrogens is 324 g/mol. The zero-order valence-corrected chi connectivity index (χ0v) is 14.2. The number of amides is 1. The summed E-state index contributed by atoms with van der Waals surface area (Å²) in [6.45, 7) is 1.30. The van der Waals surface area contributed by atoms with Gasteiger partial charge in [-0.1, -0.05) is 6.07 Å². The highest BCUT2D eigenvalue weighted by Gasteiger charge is 2.47. The summed E-state index contributed by atoms with van der Waals surface area (Å²) < 4.78 is 12.0. The number of ether oxygens (including phenoxy) is 2. The molecular formula is C18H20N2O3S. The van der Waals surface area contributed by atoms with Crippen molar-refractivity contribution in [3.63, 3.8) is 0 Å². The van der Waals surface area contributed by atoms with E-state index in [1.54, 1.807) is 17.5 Å². The van der Waals surface area contributed by atoms with Gasteiger partial charge in [0.1, 0.15) is 12.2 Å². The summed E-state index contributed by atoms with van der Waals surface area (Å²) in [6, 6.07) is 7.72. The Balaban J connectivity index is 1.49. The molecule has 2 fully saturated rings. The van der Waals surface area contributed by atoms with Crippen LogP contribution in [0.5, 0.6) is 5.88 Å². The molecule has 1 amide bonds. The summed E-state index contributed by atoms with van der Waals surface area (Å²) in [5.41, 5.74) is 1.08. The molecule has 2 aromatic rings. The molecule has 0 unspecified atom stereocenters. The molecule has 6 heteroatoms. The van der Waals surface area contributed by atoms with Crippen molar-refractivity contribution in [2.45, 2.75) is 37.5 Å². The van der Waals surface area contributed by atoms with Crippen molar-refractivity contribution in [3.05, 3.63) is 46.8 Å². The monoisotopic (exact) mass is 344 g/mol. The number of thiophene rings is 1. The van der Waals surface area contributed by atoms with Crippen molar-refractivity contribution in [1.29, 1.82) is 0 Å². The first-order chi connectivity index (χ1) is 11.8. The van der Waals surface area contributed by atoms with Gasteiger partial charge in [0.05, 0.1) is 19.0 Å². The Morgan fingerprint density at radius 1 is 1.42 bits per heavy atom. The Hall–Kier alpha value is -1.92. The van der Waals surface area contributed by atoms with Crippen LogP contribution in [0.3, 0.4) is 0 Å². The van der Waals surface area contributed by atoms with Crippen molar-refractivity contribution in [1.82, 2.24) is 9.88 Å². The molecule has 0 radical (unpaired) electrons. The normalized spacial score (nSPS) is 26.2. The average molecular weight is 344 g/mol. The topological polar surface area (TPSA) is 51.7 Å². The van der Waals surface area contributed by atoms with Gasteiger partial charge < -0.3 is 14.4 Å². The summed E-state index contributed by atoms with van der Waals surface area (Å²) in [6.07, 6.45) is 3.90. The SMILES string of the molecule is O=C(Cc1ccsc1)N1C[C@@H](Oc2ccccn2)[C@@H]2OCCC[C@@H]21. The lowest BCUT2D eigenvalue weighted by Crippen LogP contribution is -2.44. The molecule has 0 spiro atoms. The van der Waals surface area contributed by atoms with Gasteiger partial charge >= 0.3 is 0 Å². The van der Waals surface area contributed by atoms with Gasteiger partial charge in [-0.2, -0.15) is 11.3 Å². The molecule has 2 aromatic heterocycles. The number of carbonyl (C=O) groups excluding carboxylic acids is 1. The second-order valence-electron chi connectivity index (χ2n) is 6.22. The minimum absolute atomic E-state index is 0.0628. The fourth-order valence-corrected chi connectivity index (χ4v) is 4.21. The quantitative estimate of drug-likeness (QED) is 0.855. The second kappa shape index (κ2) is 6.91. The Bertz CT molecular complexity index is 677. The molecule has 2 aliphatic rings. The van der Waals surface area contributed by atoms with Crippen molar-refractivity contribution < 1.29 is 14.3 Å². The minimum atomic E-state index is -0.156. The van der Waals surface area contributed by atoms with Gasteiger partial charge in [-0.15, -0.1) is 0 Å². The Morgan fingerprint density at radius 2 is 2.38 bits per heavy atom. The van der Waals surface area contributed by atoms with Crippen LogP contribution in [-0.2, 0) is 16.0 Å². The lowest BCUT2D eigenvalue weighted by Gasteiger charge is -2.32. The number of likely N-dealkylation sites (tertiary alicyclic amines) is 1. The molecule has 24 heavy (non-hydrogen) atoms. The predicted molar refractivity (Wildman–Crippen MR) is 91.2 cm³/mol. The third-order valence-electron chi connectivity index (χ3n) is 4.64. The highest BCUT2D eigenvalue weighted by Crippen LogP contribution is 2.31. The molecule has 5 nitrogen and oxygen atoms in total. The van der Waals surface area contributed by atoms with Crippen LogP contribution in [0.1, 0.15) is 18.4 Å². The summed E-state index contributed by atoms with van der Waals surface area (Å²) in [7, 11) is 0. The van der Waals surface area contributed by atoms with Crippen LogP contribution in [0.25, 0.3) is 0 Å². The van der Waals surface area contributed by atoms with E-state index in [2.05, 4.69) is 4.98 Å². The Kier molecular flexibility index (Phi) is 4.49. The fraction of sp³-hybridized carbons (Fsp3) is 0.444. The van der Waals surface area contributed by atoms with Gasteiger partial charge in [0.15, 0.2) is 0 Å². The van der Waals surface area contributed by atoms with Gasteiger partial charge in [0.2, 0.25) is 11.8 Å². The first kappa shape index (κ1) is 15.6. The van der Waals surface area contributed by atoms with E-state index in [4.69, 9.17) is 9.47 Å². The maximum absolute atomic E-state index is 12.8. The van der Waals surface area contributed by atoms with Crippen LogP contribution >= 0.6 is 11.3 Å². The summed E-state index contributed by atoms with van der Waals surface area (Å²) in [5.74, 6) is 0.739. The highest BCUT2D eigenvalue weighted by atomic mass is 32.1. The van der Waals surface area contributed by atoms with Gasteiger partial charge in [-0.3, -0.25) is 4.79 Å². The standard InChI is InChI=1S/C18H20N2O3S/c21-17(10-13-6-9-24-12-13)20-11-15(18-14(20)4-3-8-22-18)23-16-5-1-2-7-19-16/h1-2,5-7,9,12,14-15,18H,3-4,8,10-11H2/t14-,15+,18+/m0/s1. The van der Waals surface area contributed by atoms with Crippen molar-refractivity contribution in [2.75, 3.05) is 13.2 Å². The number of nitrogens with zero attached hydrogens (tertiary/aromatic N) is 2. The molecule has 2 aliphatic heterocycles. The van der Waals surface area contributed by atoms with E-state index in [-0.39, 0.29) is 24.2 Å².